The first kappa shape index (κ1) is 18.8. The van der Waals surface area contributed by atoms with Crippen LogP contribution in [0.15, 0.2) is 0 Å². The maximum absolute atomic E-state index is 11.9. The monoisotopic (exact) mass is 288 g/mol. The summed E-state index contributed by atoms with van der Waals surface area (Å²) in [7, 11) is 0. The zero-order valence-electron chi connectivity index (χ0n) is 13.3. The summed E-state index contributed by atoms with van der Waals surface area (Å²) in [6, 6.07) is 0.264. The molecule has 0 saturated carbocycles. The number of carbonyl (C=O) groups is 1. The summed E-state index contributed by atoms with van der Waals surface area (Å²) >= 11 is 1.86. The van der Waals surface area contributed by atoms with Crippen LogP contribution in [0.3, 0.4) is 0 Å². The third-order valence-electron chi connectivity index (χ3n) is 3.44. The summed E-state index contributed by atoms with van der Waals surface area (Å²) in [4.78, 5) is 11.9. The van der Waals surface area contributed by atoms with E-state index in [4.69, 9.17) is 5.73 Å². The van der Waals surface area contributed by atoms with E-state index >= 15 is 0 Å². The first-order valence-corrected chi connectivity index (χ1v) is 8.53. The van der Waals surface area contributed by atoms with Crippen LogP contribution in [0.4, 0.5) is 0 Å². The number of carbonyl (C=O) groups excluding carboxylic acids is 1. The van der Waals surface area contributed by atoms with Gasteiger partial charge < -0.3 is 11.1 Å². The number of thioether (sulfide) groups is 1. The molecule has 0 aliphatic heterocycles. The normalized spacial score (nSPS) is 15.1. The fourth-order valence-electron chi connectivity index (χ4n) is 2.20. The van der Waals surface area contributed by atoms with Crippen molar-refractivity contribution in [3.63, 3.8) is 0 Å². The second-order valence-electron chi connectivity index (χ2n) is 6.31. The molecule has 1 amide bonds. The van der Waals surface area contributed by atoms with Crippen molar-refractivity contribution in [2.24, 2.45) is 17.1 Å². The molecule has 4 heteroatoms. The molecular formula is C15H32N2OS. The lowest BCUT2D eigenvalue weighted by Gasteiger charge is -2.30. The third kappa shape index (κ3) is 9.33. The Morgan fingerprint density at radius 1 is 1.32 bits per heavy atom. The van der Waals surface area contributed by atoms with E-state index in [1.54, 1.807) is 0 Å². The maximum atomic E-state index is 11.9. The minimum atomic E-state index is 0.176. The molecule has 0 saturated heterocycles. The van der Waals surface area contributed by atoms with E-state index in [-0.39, 0.29) is 17.4 Å². The quantitative estimate of drug-likeness (QED) is 0.685. The van der Waals surface area contributed by atoms with Crippen molar-refractivity contribution in [2.75, 3.05) is 18.1 Å². The highest BCUT2D eigenvalue weighted by Crippen LogP contribution is 2.31. The second-order valence-corrected chi connectivity index (χ2v) is 7.63. The smallest absolute Gasteiger partial charge is 0.220 e. The molecule has 3 nitrogen and oxygen atoms in total. The standard InChI is InChI=1S/C15H32N2OS/c1-6-19-11-12(2)17-14(18)8-7-13(9-10-16)15(3,4)5/h12-13H,6-11,16H2,1-5H3,(H,17,18). The number of hydrogen-bond donors (Lipinski definition) is 2. The highest BCUT2D eigenvalue weighted by molar-refractivity contribution is 7.99. The van der Waals surface area contributed by atoms with E-state index in [2.05, 4.69) is 39.9 Å². The van der Waals surface area contributed by atoms with Crippen molar-refractivity contribution >= 4 is 17.7 Å². The highest BCUT2D eigenvalue weighted by Gasteiger charge is 2.24. The largest absolute Gasteiger partial charge is 0.353 e. The van der Waals surface area contributed by atoms with Crippen molar-refractivity contribution in [3.05, 3.63) is 0 Å². The molecule has 0 aromatic carbocycles. The number of hydrogen-bond acceptors (Lipinski definition) is 3. The van der Waals surface area contributed by atoms with Gasteiger partial charge in [-0.2, -0.15) is 11.8 Å². The number of rotatable bonds is 9. The van der Waals surface area contributed by atoms with Crippen molar-refractivity contribution < 1.29 is 4.79 Å². The molecule has 2 atom stereocenters. The molecule has 0 aliphatic rings. The number of amides is 1. The van der Waals surface area contributed by atoms with Crippen LogP contribution in [0.2, 0.25) is 0 Å². The molecule has 0 fully saturated rings. The number of nitrogens with one attached hydrogen (secondary N) is 1. The van der Waals surface area contributed by atoms with Crippen LogP contribution in [0.25, 0.3) is 0 Å². The Morgan fingerprint density at radius 3 is 2.42 bits per heavy atom. The summed E-state index contributed by atoms with van der Waals surface area (Å²) < 4.78 is 0. The van der Waals surface area contributed by atoms with Crippen LogP contribution in [-0.4, -0.2) is 30.0 Å². The van der Waals surface area contributed by atoms with E-state index in [0.717, 1.165) is 24.3 Å². The predicted molar refractivity (Wildman–Crippen MR) is 86.5 cm³/mol. The molecule has 0 bridgehead atoms. The van der Waals surface area contributed by atoms with Gasteiger partial charge >= 0.3 is 0 Å². The fraction of sp³-hybridized carbons (Fsp3) is 0.933. The van der Waals surface area contributed by atoms with Crippen LogP contribution < -0.4 is 11.1 Å². The van der Waals surface area contributed by atoms with Gasteiger partial charge in [0.25, 0.3) is 0 Å². The predicted octanol–water partition coefficient (Wildman–Crippen LogP) is 3.04. The lowest BCUT2D eigenvalue weighted by atomic mass is 9.76. The molecule has 19 heavy (non-hydrogen) atoms. The van der Waals surface area contributed by atoms with E-state index < -0.39 is 0 Å². The fourth-order valence-corrected chi connectivity index (χ4v) is 2.87. The van der Waals surface area contributed by atoms with Gasteiger partial charge in [0.05, 0.1) is 0 Å². The van der Waals surface area contributed by atoms with Gasteiger partial charge in [0.1, 0.15) is 0 Å². The zero-order chi connectivity index (χ0) is 14.9. The van der Waals surface area contributed by atoms with Crippen LogP contribution in [0, 0.1) is 11.3 Å². The Morgan fingerprint density at radius 2 is 1.95 bits per heavy atom. The summed E-state index contributed by atoms with van der Waals surface area (Å²) in [5.74, 6) is 2.79. The van der Waals surface area contributed by atoms with Gasteiger partial charge in [0, 0.05) is 18.2 Å². The maximum Gasteiger partial charge on any atom is 0.220 e. The first-order valence-electron chi connectivity index (χ1n) is 7.38. The van der Waals surface area contributed by atoms with Gasteiger partial charge in [-0.25, -0.2) is 0 Å². The van der Waals surface area contributed by atoms with Crippen molar-refractivity contribution in [1.82, 2.24) is 5.32 Å². The van der Waals surface area contributed by atoms with Crippen LogP contribution in [0.5, 0.6) is 0 Å². The SMILES string of the molecule is CCSCC(C)NC(=O)CCC(CCN)C(C)(C)C. The van der Waals surface area contributed by atoms with Gasteiger partial charge in [-0.05, 0) is 43.4 Å². The van der Waals surface area contributed by atoms with Gasteiger partial charge in [0.2, 0.25) is 5.91 Å². The lowest BCUT2D eigenvalue weighted by Crippen LogP contribution is -2.35. The summed E-state index contributed by atoms with van der Waals surface area (Å²) in [6.45, 7) is 11.6. The van der Waals surface area contributed by atoms with E-state index in [1.807, 2.05) is 11.8 Å². The topological polar surface area (TPSA) is 55.1 Å². The molecule has 114 valence electrons. The summed E-state index contributed by atoms with van der Waals surface area (Å²) in [5, 5.41) is 3.07. The van der Waals surface area contributed by atoms with Gasteiger partial charge in [-0.1, -0.05) is 27.7 Å². The molecule has 0 heterocycles. The minimum Gasteiger partial charge on any atom is -0.353 e. The van der Waals surface area contributed by atoms with Crippen LogP contribution >= 0.6 is 11.8 Å². The molecule has 0 spiro atoms. The third-order valence-corrected chi connectivity index (χ3v) is 4.58. The lowest BCUT2D eigenvalue weighted by molar-refractivity contribution is -0.122. The van der Waals surface area contributed by atoms with E-state index in [0.29, 0.717) is 18.9 Å². The second kappa shape index (κ2) is 9.65. The van der Waals surface area contributed by atoms with Crippen LogP contribution in [0.1, 0.15) is 53.9 Å². The Bertz CT molecular complexity index is 251. The Hall–Kier alpha value is -0.220. The van der Waals surface area contributed by atoms with E-state index in [9.17, 15) is 4.79 Å². The minimum absolute atomic E-state index is 0.176. The van der Waals surface area contributed by atoms with Gasteiger partial charge in [-0.15, -0.1) is 0 Å². The average molecular weight is 289 g/mol. The molecular weight excluding hydrogens is 256 g/mol. The number of nitrogens with two attached hydrogens (primary N) is 1. The molecule has 3 N–H and O–H groups in total. The Balaban J connectivity index is 4.04. The molecule has 0 aromatic rings. The zero-order valence-corrected chi connectivity index (χ0v) is 14.1. The summed E-state index contributed by atoms with van der Waals surface area (Å²) in [5.41, 5.74) is 5.89. The van der Waals surface area contributed by atoms with Crippen LogP contribution in [-0.2, 0) is 4.79 Å². The molecule has 0 rings (SSSR count). The summed E-state index contributed by atoms with van der Waals surface area (Å²) in [6.07, 6.45) is 2.54. The Kier molecular flexibility index (Phi) is 9.54. The first-order chi connectivity index (χ1) is 8.81. The van der Waals surface area contributed by atoms with Gasteiger partial charge in [-0.3, -0.25) is 4.79 Å². The molecule has 0 aromatic heterocycles. The van der Waals surface area contributed by atoms with E-state index in [1.165, 1.54) is 0 Å². The van der Waals surface area contributed by atoms with Gasteiger partial charge in [0.15, 0.2) is 0 Å². The highest BCUT2D eigenvalue weighted by atomic mass is 32.2. The average Bonchev–Trinajstić information content (AvgIpc) is 2.30. The van der Waals surface area contributed by atoms with Crippen molar-refractivity contribution in [3.8, 4) is 0 Å². The van der Waals surface area contributed by atoms with Crippen molar-refractivity contribution in [2.45, 2.75) is 59.9 Å². The van der Waals surface area contributed by atoms with Crippen molar-refractivity contribution in [1.29, 1.82) is 0 Å². The molecule has 2 unspecified atom stereocenters. The molecule has 0 aliphatic carbocycles. The molecule has 0 radical (unpaired) electrons. The Labute approximate surface area is 123 Å².